The van der Waals surface area contributed by atoms with Gasteiger partial charge in [0.2, 0.25) is 10.0 Å². The van der Waals surface area contributed by atoms with Crippen molar-refractivity contribution in [3.8, 4) is 0 Å². The number of halogens is 1. The van der Waals surface area contributed by atoms with Crippen molar-refractivity contribution in [2.24, 2.45) is 0 Å². The first-order valence-corrected chi connectivity index (χ1v) is 11.7. The average molecular weight is 413 g/mol. The van der Waals surface area contributed by atoms with E-state index >= 15 is 0 Å². The molecule has 9 heteroatoms. The Labute approximate surface area is 159 Å². The molecule has 3 rings (SSSR count). The lowest BCUT2D eigenvalue weighted by molar-refractivity contribution is 0.587. The van der Waals surface area contributed by atoms with Gasteiger partial charge in [-0.1, -0.05) is 6.07 Å². The quantitative estimate of drug-likeness (QED) is 0.818. The summed E-state index contributed by atoms with van der Waals surface area (Å²) in [4.78, 5) is -0.0582. The highest BCUT2D eigenvalue weighted by Crippen LogP contribution is 2.33. The minimum Gasteiger partial charge on any atom is -0.280 e. The minimum atomic E-state index is -3.92. The summed E-state index contributed by atoms with van der Waals surface area (Å²) in [5.41, 5.74) is 1.84. The highest BCUT2D eigenvalue weighted by Gasteiger charge is 2.27. The third-order valence-corrected chi connectivity index (χ3v) is 7.71. The fraction of sp³-hybridized carbons (Fsp3) is 0.333. The Balaban J connectivity index is 1.97. The van der Waals surface area contributed by atoms with Crippen LogP contribution in [-0.4, -0.2) is 29.1 Å². The monoisotopic (exact) mass is 412 g/mol. The second kappa shape index (κ2) is 7.12. The van der Waals surface area contributed by atoms with Crippen LogP contribution in [0, 0.1) is 12.7 Å². The molecule has 0 unspecified atom stereocenters. The van der Waals surface area contributed by atoms with Gasteiger partial charge >= 0.3 is 0 Å². The highest BCUT2D eigenvalue weighted by molar-refractivity contribution is 7.93. The summed E-state index contributed by atoms with van der Waals surface area (Å²) >= 11 is 0. The van der Waals surface area contributed by atoms with Crippen LogP contribution in [0.25, 0.3) is 0 Å². The molecule has 0 aromatic heterocycles. The van der Waals surface area contributed by atoms with Gasteiger partial charge in [0.1, 0.15) is 5.82 Å². The van der Waals surface area contributed by atoms with Gasteiger partial charge in [-0.2, -0.15) is 0 Å². The van der Waals surface area contributed by atoms with Crippen molar-refractivity contribution < 1.29 is 21.2 Å². The Kier molecular flexibility index (Phi) is 5.18. The number of sulfonamides is 2. The molecule has 1 N–H and O–H groups in total. The summed E-state index contributed by atoms with van der Waals surface area (Å²) in [5.74, 6) is -0.514. The van der Waals surface area contributed by atoms with Crippen LogP contribution in [-0.2, 0) is 26.5 Å². The number of aryl methyl sites for hydroxylation is 2. The molecule has 27 heavy (non-hydrogen) atoms. The maximum atomic E-state index is 13.4. The molecule has 0 radical (unpaired) electrons. The van der Waals surface area contributed by atoms with E-state index in [1.54, 1.807) is 19.1 Å². The molecule has 6 nitrogen and oxygen atoms in total. The van der Waals surface area contributed by atoms with Gasteiger partial charge in [-0.3, -0.25) is 9.03 Å². The lowest BCUT2D eigenvalue weighted by Crippen LogP contribution is -2.36. The van der Waals surface area contributed by atoms with E-state index in [1.807, 2.05) is 0 Å². The fourth-order valence-corrected chi connectivity index (χ4v) is 5.37. The Morgan fingerprint density at radius 2 is 1.85 bits per heavy atom. The number of nitrogens with zero attached hydrogens (tertiary/aromatic N) is 1. The summed E-state index contributed by atoms with van der Waals surface area (Å²) in [6, 6.07) is 8.43. The Hall–Kier alpha value is -2.13. The van der Waals surface area contributed by atoms with E-state index in [0.717, 1.165) is 18.1 Å². The molecule has 0 aliphatic carbocycles. The Morgan fingerprint density at radius 1 is 1.11 bits per heavy atom. The van der Waals surface area contributed by atoms with E-state index < -0.39 is 25.9 Å². The molecule has 0 spiro atoms. The maximum Gasteiger partial charge on any atom is 0.261 e. The fourth-order valence-electron chi connectivity index (χ4n) is 3.05. The summed E-state index contributed by atoms with van der Waals surface area (Å²) in [7, 11) is -7.37. The van der Waals surface area contributed by atoms with Crippen LogP contribution in [0.3, 0.4) is 0 Å². The average Bonchev–Trinajstić information content (AvgIpc) is 2.63. The molecule has 0 fully saturated rings. The smallest absolute Gasteiger partial charge is 0.261 e. The predicted molar refractivity (Wildman–Crippen MR) is 104 cm³/mol. The summed E-state index contributed by atoms with van der Waals surface area (Å²) < 4.78 is 67.1. The third-order valence-electron chi connectivity index (χ3n) is 4.55. The predicted octanol–water partition coefficient (Wildman–Crippen LogP) is 3.04. The number of nitrogens with one attached hydrogen (secondary N) is 1. The molecule has 146 valence electrons. The van der Waals surface area contributed by atoms with Crippen LogP contribution in [0.15, 0.2) is 41.3 Å². The van der Waals surface area contributed by atoms with Crippen molar-refractivity contribution in [3.05, 3.63) is 53.3 Å². The zero-order valence-corrected chi connectivity index (χ0v) is 16.7. The van der Waals surface area contributed by atoms with Crippen LogP contribution in [0.4, 0.5) is 15.8 Å². The van der Waals surface area contributed by atoms with Crippen LogP contribution < -0.4 is 9.03 Å². The molecule has 0 atom stereocenters. The molecule has 1 aliphatic heterocycles. The third kappa shape index (κ3) is 3.93. The molecule has 0 saturated heterocycles. The van der Waals surface area contributed by atoms with Gasteiger partial charge in [0.25, 0.3) is 10.0 Å². The first kappa shape index (κ1) is 19.6. The van der Waals surface area contributed by atoms with Gasteiger partial charge in [0.05, 0.1) is 22.0 Å². The van der Waals surface area contributed by atoms with Crippen LogP contribution >= 0.6 is 0 Å². The molecular formula is C18H21FN2O4S2. The molecule has 0 bridgehead atoms. The van der Waals surface area contributed by atoms with Crippen molar-refractivity contribution in [3.63, 3.8) is 0 Å². The number of hydrogen-bond acceptors (Lipinski definition) is 4. The largest absolute Gasteiger partial charge is 0.280 e. The molecule has 0 saturated carbocycles. The second-order valence-corrected chi connectivity index (χ2v) is 10.3. The standard InChI is InChI=1S/C18H21FN2O4S2/c1-3-26(22,23)21-10-4-5-14-6-7-15(12-18(14)21)20-27(24,25)16-8-9-17(19)13(2)11-16/h6-9,11-12,20H,3-5,10H2,1-2H3. The zero-order valence-electron chi connectivity index (χ0n) is 15.1. The summed E-state index contributed by atoms with van der Waals surface area (Å²) in [5, 5.41) is 0. The number of rotatable bonds is 5. The SMILES string of the molecule is CCS(=O)(=O)N1CCCc2ccc(NS(=O)(=O)c3ccc(F)c(C)c3)cc21. The van der Waals surface area contributed by atoms with Crippen molar-refractivity contribution in [1.29, 1.82) is 0 Å². The number of benzene rings is 2. The van der Waals surface area contributed by atoms with E-state index in [1.165, 1.54) is 29.4 Å². The van der Waals surface area contributed by atoms with Gasteiger partial charge in [-0.15, -0.1) is 0 Å². The first-order chi connectivity index (χ1) is 12.6. The minimum absolute atomic E-state index is 0.0305. The molecule has 1 heterocycles. The van der Waals surface area contributed by atoms with Gasteiger partial charge in [-0.25, -0.2) is 21.2 Å². The van der Waals surface area contributed by atoms with E-state index in [4.69, 9.17) is 0 Å². The molecule has 1 aliphatic rings. The Bertz CT molecular complexity index is 1080. The van der Waals surface area contributed by atoms with E-state index in [2.05, 4.69) is 4.72 Å². The highest BCUT2D eigenvalue weighted by atomic mass is 32.2. The van der Waals surface area contributed by atoms with Crippen molar-refractivity contribution in [1.82, 2.24) is 0 Å². The van der Waals surface area contributed by atoms with Crippen LogP contribution in [0.5, 0.6) is 0 Å². The van der Waals surface area contributed by atoms with Crippen molar-refractivity contribution in [2.75, 3.05) is 21.3 Å². The summed E-state index contributed by atoms with van der Waals surface area (Å²) in [6.45, 7) is 3.43. The number of anilines is 2. The molecular weight excluding hydrogens is 391 g/mol. The van der Waals surface area contributed by atoms with E-state index in [9.17, 15) is 21.2 Å². The Morgan fingerprint density at radius 3 is 2.52 bits per heavy atom. The lowest BCUT2D eigenvalue weighted by Gasteiger charge is -2.30. The zero-order chi connectivity index (χ0) is 19.8. The van der Waals surface area contributed by atoms with Gasteiger partial charge in [-0.05, 0) is 68.1 Å². The van der Waals surface area contributed by atoms with Crippen molar-refractivity contribution in [2.45, 2.75) is 31.6 Å². The number of fused-ring (bicyclic) bond motifs is 1. The first-order valence-electron chi connectivity index (χ1n) is 8.56. The van der Waals surface area contributed by atoms with Crippen molar-refractivity contribution >= 4 is 31.4 Å². The topological polar surface area (TPSA) is 83.6 Å². The van der Waals surface area contributed by atoms with E-state index in [-0.39, 0.29) is 21.9 Å². The van der Waals surface area contributed by atoms with Gasteiger partial charge < -0.3 is 0 Å². The van der Waals surface area contributed by atoms with Gasteiger partial charge in [0, 0.05) is 6.54 Å². The number of hydrogen-bond donors (Lipinski definition) is 1. The molecule has 2 aromatic rings. The molecule has 2 aromatic carbocycles. The lowest BCUT2D eigenvalue weighted by atomic mass is 10.0. The normalized spacial score (nSPS) is 14.7. The summed E-state index contributed by atoms with van der Waals surface area (Å²) in [6.07, 6.45) is 1.45. The van der Waals surface area contributed by atoms with Crippen LogP contribution in [0.2, 0.25) is 0 Å². The van der Waals surface area contributed by atoms with Gasteiger partial charge in [0.15, 0.2) is 0 Å². The van der Waals surface area contributed by atoms with E-state index in [0.29, 0.717) is 18.7 Å². The molecule has 0 amide bonds. The second-order valence-electron chi connectivity index (χ2n) is 6.44. The van der Waals surface area contributed by atoms with Crippen LogP contribution in [0.1, 0.15) is 24.5 Å². The maximum absolute atomic E-state index is 13.4.